The Hall–Kier alpha value is -1.53. The van der Waals surface area contributed by atoms with Crippen LogP contribution < -0.4 is 0 Å². The van der Waals surface area contributed by atoms with Gasteiger partial charge in [-0.15, -0.1) is 0 Å². The van der Waals surface area contributed by atoms with Gasteiger partial charge in [-0.2, -0.15) is 8.75 Å². The summed E-state index contributed by atoms with van der Waals surface area (Å²) in [5.74, 6) is 0.880. The summed E-state index contributed by atoms with van der Waals surface area (Å²) in [6, 6.07) is 6.37. The van der Waals surface area contributed by atoms with Crippen LogP contribution in [-0.4, -0.2) is 57.2 Å². The molecule has 128 valence electrons. The molecular formula is C18H24N4OS. The van der Waals surface area contributed by atoms with E-state index in [4.69, 9.17) is 0 Å². The highest BCUT2D eigenvalue weighted by Crippen LogP contribution is 2.30. The SMILES string of the molecule is CN1CCCC[C@H]1C1CCN(C(=O)c2ccc3nsnc3c2)CC1. The maximum Gasteiger partial charge on any atom is 0.253 e. The van der Waals surface area contributed by atoms with Crippen LogP contribution in [0.4, 0.5) is 0 Å². The number of carbonyl (C=O) groups excluding carboxylic acids is 1. The van der Waals surface area contributed by atoms with E-state index in [-0.39, 0.29) is 5.91 Å². The van der Waals surface area contributed by atoms with E-state index >= 15 is 0 Å². The minimum atomic E-state index is 0.139. The van der Waals surface area contributed by atoms with Crippen LogP contribution in [0.3, 0.4) is 0 Å². The van der Waals surface area contributed by atoms with Gasteiger partial charge in [0, 0.05) is 24.7 Å². The summed E-state index contributed by atoms with van der Waals surface area (Å²) >= 11 is 1.20. The van der Waals surface area contributed by atoms with E-state index in [0.717, 1.165) is 48.4 Å². The van der Waals surface area contributed by atoms with E-state index in [2.05, 4.69) is 20.7 Å². The zero-order valence-electron chi connectivity index (χ0n) is 14.1. The summed E-state index contributed by atoms with van der Waals surface area (Å²) in [6.45, 7) is 2.98. The van der Waals surface area contributed by atoms with Gasteiger partial charge < -0.3 is 9.80 Å². The molecule has 1 amide bonds. The average molecular weight is 344 g/mol. The van der Waals surface area contributed by atoms with E-state index < -0.39 is 0 Å². The fourth-order valence-corrected chi connectivity index (χ4v) is 4.80. The predicted molar refractivity (Wildman–Crippen MR) is 96.3 cm³/mol. The summed E-state index contributed by atoms with van der Waals surface area (Å²) < 4.78 is 8.44. The number of aromatic nitrogens is 2. The number of hydrogen-bond donors (Lipinski definition) is 0. The Bertz CT molecular complexity index is 723. The number of hydrogen-bond acceptors (Lipinski definition) is 5. The molecule has 0 radical (unpaired) electrons. The molecular weight excluding hydrogens is 320 g/mol. The highest BCUT2D eigenvalue weighted by molar-refractivity contribution is 7.00. The van der Waals surface area contributed by atoms with Crippen molar-refractivity contribution in [3.63, 3.8) is 0 Å². The first-order valence-corrected chi connectivity index (χ1v) is 9.67. The van der Waals surface area contributed by atoms with Crippen LogP contribution in [0.2, 0.25) is 0 Å². The lowest BCUT2D eigenvalue weighted by atomic mass is 9.84. The number of nitrogens with zero attached hydrogens (tertiary/aromatic N) is 4. The molecule has 24 heavy (non-hydrogen) atoms. The molecule has 0 bridgehead atoms. The number of carbonyl (C=O) groups is 1. The molecule has 4 rings (SSSR count). The quantitative estimate of drug-likeness (QED) is 0.840. The number of likely N-dealkylation sites (tertiary alicyclic amines) is 2. The predicted octanol–water partition coefficient (Wildman–Crippen LogP) is 3.03. The summed E-state index contributed by atoms with van der Waals surface area (Å²) in [5, 5.41) is 0. The third-order valence-corrected chi connectivity index (χ3v) is 6.26. The van der Waals surface area contributed by atoms with Gasteiger partial charge in [0.05, 0.1) is 11.7 Å². The van der Waals surface area contributed by atoms with Gasteiger partial charge >= 0.3 is 0 Å². The molecule has 0 aliphatic carbocycles. The molecule has 2 aliphatic rings. The minimum Gasteiger partial charge on any atom is -0.339 e. The minimum absolute atomic E-state index is 0.139. The van der Waals surface area contributed by atoms with Crippen LogP contribution in [0.15, 0.2) is 18.2 Å². The van der Waals surface area contributed by atoms with Crippen molar-refractivity contribution in [1.29, 1.82) is 0 Å². The monoisotopic (exact) mass is 344 g/mol. The van der Waals surface area contributed by atoms with Gasteiger partial charge in [0.15, 0.2) is 0 Å². The summed E-state index contributed by atoms with van der Waals surface area (Å²) in [5.41, 5.74) is 2.43. The first-order chi connectivity index (χ1) is 11.7. The van der Waals surface area contributed by atoms with E-state index in [1.807, 2.05) is 23.1 Å². The zero-order valence-corrected chi connectivity index (χ0v) is 15.0. The second-order valence-corrected chi connectivity index (χ2v) is 7.67. The molecule has 1 atom stereocenters. The van der Waals surface area contributed by atoms with Gasteiger partial charge in [-0.3, -0.25) is 4.79 Å². The number of fused-ring (bicyclic) bond motifs is 1. The zero-order chi connectivity index (χ0) is 16.5. The fraction of sp³-hybridized carbons (Fsp3) is 0.611. The number of amides is 1. The molecule has 2 aromatic rings. The van der Waals surface area contributed by atoms with Crippen molar-refractivity contribution in [2.75, 3.05) is 26.7 Å². The van der Waals surface area contributed by atoms with Crippen LogP contribution in [0.1, 0.15) is 42.5 Å². The van der Waals surface area contributed by atoms with Crippen molar-refractivity contribution >= 4 is 28.7 Å². The third-order valence-electron chi connectivity index (χ3n) is 5.70. The van der Waals surface area contributed by atoms with Gasteiger partial charge in [0.1, 0.15) is 11.0 Å². The maximum atomic E-state index is 12.8. The lowest BCUT2D eigenvalue weighted by molar-refractivity contribution is 0.0555. The van der Waals surface area contributed by atoms with E-state index in [9.17, 15) is 4.79 Å². The van der Waals surface area contributed by atoms with Gasteiger partial charge in [-0.05, 0) is 63.4 Å². The molecule has 5 nitrogen and oxygen atoms in total. The van der Waals surface area contributed by atoms with Crippen LogP contribution >= 0.6 is 11.7 Å². The smallest absolute Gasteiger partial charge is 0.253 e. The van der Waals surface area contributed by atoms with Gasteiger partial charge in [0.2, 0.25) is 0 Å². The normalized spacial score (nSPS) is 23.7. The van der Waals surface area contributed by atoms with Crippen molar-refractivity contribution in [2.45, 2.75) is 38.1 Å². The Morgan fingerprint density at radius 3 is 2.67 bits per heavy atom. The Morgan fingerprint density at radius 2 is 1.88 bits per heavy atom. The highest BCUT2D eigenvalue weighted by Gasteiger charge is 2.32. The van der Waals surface area contributed by atoms with E-state index in [0.29, 0.717) is 6.04 Å². The molecule has 2 fully saturated rings. The van der Waals surface area contributed by atoms with Crippen LogP contribution in [0, 0.1) is 5.92 Å². The Morgan fingerprint density at radius 1 is 1.08 bits per heavy atom. The molecule has 0 unspecified atom stereocenters. The Balaban J connectivity index is 1.40. The Kier molecular flexibility index (Phi) is 4.50. The first-order valence-electron chi connectivity index (χ1n) is 8.94. The number of benzene rings is 1. The second kappa shape index (κ2) is 6.76. The first kappa shape index (κ1) is 16.0. The second-order valence-electron chi connectivity index (χ2n) is 7.14. The standard InChI is InChI=1S/C18H24N4OS/c1-21-9-3-2-4-17(21)13-7-10-22(11-8-13)18(23)14-5-6-15-16(12-14)20-24-19-15/h5-6,12-13,17H,2-4,7-11H2,1H3/t17-/m0/s1. The Labute approximate surface area is 147 Å². The molecule has 3 heterocycles. The molecule has 0 spiro atoms. The van der Waals surface area contributed by atoms with Crippen molar-refractivity contribution in [1.82, 2.24) is 18.5 Å². The van der Waals surface area contributed by atoms with Gasteiger partial charge in [0.25, 0.3) is 5.91 Å². The van der Waals surface area contributed by atoms with E-state index in [1.54, 1.807) is 0 Å². The lowest BCUT2D eigenvalue weighted by Gasteiger charge is -2.42. The van der Waals surface area contributed by atoms with Crippen LogP contribution in [0.25, 0.3) is 11.0 Å². The van der Waals surface area contributed by atoms with Crippen molar-refractivity contribution in [3.8, 4) is 0 Å². The lowest BCUT2D eigenvalue weighted by Crippen LogP contribution is -2.47. The molecule has 2 saturated heterocycles. The fourth-order valence-electron chi connectivity index (χ4n) is 4.28. The van der Waals surface area contributed by atoms with E-state index in [1.165, 1.54) is 37.5 Å². The molecule has 0 N–H and O–H groups in total. The van der Waals surface area contributed by atoms with Crippen LogP contribution in [-0.2, 0) is 0 Å². The molecule has 0 saturated carbocycles. The summed E-state index contributed by atoms with van der Waals surface area (Å²) in [4.78, 5) is 17.3. The highest BCUT2D eigenvalue weighted by atomic mass is 32.1. The van der Waals surface area contributed by atoms with Crippen molar-refractivity contribution in [3.05, 3.63) is 23.8 Å². The van der Waals surface area contributed by atoms with Crippen molar-refractivity contribution < 1.29 is 4.79 Å². The third kappa shape index (κ3) is 3.05. The van der Waals surface area contributed by atoms with Gasteiger partial charge in [-0.25, -0.2) is 0 Å². The summed E-state index contributed by atoms with van der Waals surface area (Å²) in [6.07, 6.45) is 6.26. The molecule has 1 aromatic heterocycles. The number of piperidine rings is 2. The largest absolute Gasteiger partial charge is 0.339 e. The molecule has 2 aliphatic heterocycles. The summed E-state index contributed by atoms with van der Waals surface area (Å²) in [7, 11) is 2.26. The van der Waals surface area contributed by atoms with Crippen molar-refractivity contribution in [2.24, 2.45) is 5.92 Å². The van der Waals surface area contributed by atoms with Gasteiger partial charge in [-0.1, -0.05) is 6.42 Å². The number of rotatable bonds is 2. The topological polar surface area (TPSA) is 49.3 Å². The molecule has 1 aromatic carbocycles. The maximum absolute atomic E-state index is 12.8. The molecule has 6 heteroatoms. The van der Waals surface area contributed by atoms with Crippen LogP contribution in [0.5, 0.6) is 0 Å². The average Bonchev–Trinajstić information content (AvgIpc) is 3.09.